The van der Waals surface area contributed by atoms with Gasteiger partial charge in [0.1, 0.15) is 17.7 Å². The van der Waals surface area contributed by atoms with Gasteiger partial charge in [-0.15, -0.1) is 0 Å². The van der Waals surface area contributed by atoms with Crippen LogP contribution in [0.1, 0.15) is 6.04 Å². The molecular weight excluding hydrogens is 270 g/mol. The molecule has 3 N–H and O–H groups in total. The fraction of sp³-hybridized carbons (Fsp3) is 0.333. The van der Waals surface area contributed by atoms with Crippen molar-refractivity contribution >= 4 is 22.6 Å². The van der Waals surface area contributed by atoms with Gasteiger partial charge in [-0.05, 0) is 11.6 Å². The third-order valence-corrected chi connectivity index (χ3v) is 3.66. The molecule has 3 rings (SSSR count). The number of hydrogen-bond donors (Lipinski definition) is 3. The number of imidazole rings is 1. The Morgan fingerprint density at radius 1 is 1.32 bits per heavy atom. The van der Waals surface area contributed by atoms with E-state index in [1.807, 2.05) is 0 Å². The van der Waals surface area contributed by atoms with E-state index in [1.54, 1.807) is 22.9 Å². The van der Waals surface area contributed by atoms with Gasteiger partial charge < -0.3 is 19.9 Å². The lowest BCUT2D eigenvalue weighted by atomic mass is 10.1. The van der Waals surface area contributed by atoms with Gasteiger partial charge in [0.05, 0.1) is 24.5 Å². The van der Waals surface area contributed by atoms with E-state index >= 15 is 0 Å². The third kappa shape index (κ3) is 1.84. The Bertz CT molecular complexity index is 655. The van der Waals surface area contributed by atoms with Gasteiger partial charge >= 0.3 is 0 Å². The first-order valence-electron chi connectivity index (χ1n) is 5.78. The Kier molecular flexibility index (Phi) is 3.02. The van der Waals surface area contributed by atoms with E-state index in [0.29, 0.717) is 16.6 Å². The highest BCUT2D eigenvalue weighted by Crippen LogP contribution is 2.33. The number of nitrogens with zero attached hydrogens (tertiary/aromatic N) is 3. The summed E-state index contributed by atoms with van der Waals surface area (Å²) in [6, 6.07) is 1.19. The van der Waals surface area contributed by atoms with Crippen LogP contribution in [0.5, 0.6) is 0 Å². The average molecular weight is 282 g/mol. The number of pyridine rings is 1. The number of aliphatic hydroxyl groups excluding tert-OH is 3. The van der Waals surface area contributed by atoms with E-state index in [0.717, 1.165) is 0 Å². The summed E-state index contributed by atoms with van der Waals surface area (Å²) in [6.07, 6.45) is 2.59. The van der Waals surface area contributed by atoms with Gasteiger partial charge in [-0.25, -0.2) is 9.97 Å². The van der Waals surface area contributed by atoms with Crippen molar-refractivity contribution in [2.45, 2.75) is 18.2 Å². The Hall–Kier alpha value is -1.47. The van der Waals surface area contributed by atoms with E-state index in [9.17, 15) is 10.2 Å². The highest BCUT2D eigenvalue weighted by molar-refractivity contribution is 6.33. The van der Waals surface area contributed by atoms with Crippen molar-refractivity contribution in [1.82, 2.24) is 14.5 Å². The van der Waals surface area contributed by atoms with Crippen LogP contribution in [0.25, 0.3) is 11.0 Å². The smallest absolute Gasteiger partial charge is 0.154 e. The number of hydrogen-bond acceptors (Lipinski definition) is 5. The van der Waals surface area contributed by atoms with Crippen molar-refractivity contribution in [3.05, 3.63) is 35.4 Å². The number of rotatable bonds is 2. The molecule has 2 aromatic heterocycles. The maximum absolute atomic E-state index is 10.1. The average Bonchev–Trinajstić information content (AvgIpc) is 2.94. The van der Waals surface area contributed by atoms with Crippen molar-refractivity contribution in [2.75, 3.05) is 6.61 Å². The molecule has 0 unspecified atom stereocenters. The second-order valence-electron chi connectivity index (χ2n) is 4.45. The van der Waals surface area contributed by atoms with Crippen molar-refractivity contribution in [1.29, 1.82) is 0 Å². The highest BCUT2D eigenvalue weighted by atomic mass is 35.5. The van der Waals surface area contributed by atoms with Crippen LogP contribution >= 0.6 is 11.6 Å². The van der Waals surface area contributed by atoms with Crippen LogP contribution < -0.4 is 0 Å². The first kappa shape index (κ1) is 12.6. The molecule has 6 nitrogen and oxygen atoms in total. The molecular formula is C12H12ClN3O3. The maximum atomic E-state index is 10.1. The summed E-state index contributed by atoms with van der Waals surface area (Å²) in [5.74, 6) is 0. The van der Waals surface area contributed by atoms with Gasteiger partial charge in [-0.1, -0.05) is 17.7 Å². The zero-order valence-corrected chi connectivity index (χ0v) is 10.6. The number of aromatic nitrogens is 3. The van der Waals surface area contributed by atoms with E-state index in [2.05, 4.69) is 9.97 Å². The highest BCUT2D eigenvalue weighted by Gasteiger charge is 2.36. The maximum Gasteiger partial charge on any atom is 0.154 e. The van der Waals surface area contributed by atoms with E-state index < -0.39 is 18.2 Å². The number of aliphatic hydroxyl groups is 3. The van der Waals surface area contributed by atoms with Gasteiger partial charge in [-0.2, -0.15) is 0 Å². The molecule has 100 valence electrons. The van der Waals surface area contributed by atoms with Crippen molar-refractivity contribution in [3.63, 3.8) is 0 Å². The molecule has 7 heteroatoms. The molecule has 19 heavy (non-hydrogen) atoms. The van der Waals surface area contributed by atoms with Crippen LogP contribution in [0.2, 0.25) is 5.15 Å². The Morgan fingerprint density at radius 3 is 2.79 bits per heavy atom. The summed E-state index contributed by atoms with van der Waals surface area (Å²) in [4.78, 5) is 8.17. The minimum absolute atomic E-state index is 0.280. The monoisotopic (exact) mass is 281 g/mol. The summed E-state index contributed by atoms with van der Waals surface area (Å²) >= 11 is 6.05. The Balaban J connectivity index is 2.13. The number of halogens is 1. The first-order chi connectivity index (χ1) is 9.13. The van der Waals surface area contributed by atoms with Crippen LogP contribution in [0.3, 0.4) is 0 Å². The van der Waals surface area contributed by atoms with Gasteiger partial charge in [0.25, 0.3) is 0 Å². The SMILES string of the molecule is OCC1=C[C@@H](n2cnc3ccnc(Cl)c32)[C@H](O)[C@@H]1O. The molecule has 0 spiro atoms. The van der Waals surface area contributed by atoms with E-state index in [-0.39, 0.29) is 11.8 Å². The molecule has 2 aromatic rings. The Morgan fingerprint density at radius 2 is 2.11 bits per heavy atom. The second kappa shape index (κ2) is 4.57. The molecule has 0 radical (unpaired) electrons. The van der Waals surface area contributed by atoms with E-state index in [1.165, 1.54) is 6.33 Å². The zero-order chi connectivity index (χ0) is 13.6. The predicted molar refractivity (Wildman–Crippen MR) is 68.8 cm³/mol. The van der Waals surface area contributed by atoms with Gasteiger partial charge in [0.2, 0.25) is 0 Å². The molecule has 0 aliphatic heterocycles. The fourth-order valence-electron chi connectivity index (χ4n) is 2.38. The second-order valence-corrected chi connectivity index (χ2v) is 4.81. The van der Waals surface area contributed by atoms with Crippen LogP contribution in [-0.4, -0.2) is 48.7 Å². The van der Waals surface area contributed by atoms with Crippen molar-refractivity contribution < 1.29 is 15.3 Å². The lowest BCUT2D eigenvalue weighted by Gasteiger charge is -2.19. The molecule has 0 aromatic carbocycles. The normalized spacial score (nSPS) is 26.9. The van der Waals surface area contributed by atoms with Gasteiger partial charge in [-0.3, -0.25) is 0 Å². The topological polar surface area (TPSA) is 91.4 Å². The minimum atomic E-state index is -1.08. The fourth-order valence-corrected chi connectivity index (χ4v) is 2.63. The first-order valence-corrected chi connectivity index (χ1v) is 6.16. The van der Waals surface area contributed by atoms with Crippen molar-refractivity contribution in [2.24, 2.45) is 0 Å². The predicted octanol–water partition coefficient (Wildman–Crippen LogP) is 0.280. The Labute approximate surface area is 113 Å². The lowest BCUT2D eigenvalue weighted by Crippen LogP contribution is -2.30. The molecule has 1 aliphatic carbocycles. The summed E-state index contributed by atoms with van der Waals surface area (Å²) in [5.41, 5.74) is 1.64. The molecule has 0 fully saturated rings. The number of fused-ring (bicyclic) bond motifs is 1. The molecule has 0 saturated carbocycles. The third-order valence-electron chi connectivity index (χ3n) is 3.38. The molecule has 0 saturated heterocycles. The van der Waals surface area contributed by atoms with Crippen LogP contribution in [0, 0.1) is 0 Å². The quantitative estimate of drug-likeness (QED) is 0.543. The van der Waals surface area contributed by atoms with Crippen LogP contribution in [0.4, 0.5) is 0 Å². The largest absolute Gasteiger partial charge is 0.392 e. The molecule has 0 amide bonds. The molecule has 1 aliphatic rings. The summed E-state index contributed by atoms with van der Waals surface area (Å²) in [7, 11) is 0. The molecule has 2 heterocycles. The van der Waals surface area contributed by atoms with Crippen molar-refractivity contribution in [3.8, 4) is 0 Å². The zero-order valence-electron chi connectivity index (χ0n) is 9.81. The lowest BCUT2D eigenvalue weighted by molar-refractivity contribution is 0.0288. The van der Waals surface area contributed by atoms with Gasteiger partial charge in [0.15, 0.2) is 5.15 Å². The molecule has 0 bridgehead atoms. The van der Waals surface area contributed by atoms with Gasteiger partial charge in [0, 0.05) is 6.20 Å². The van der Waals surface area contributed by atoms with E-state index in [4.69, 9.17) is 16.7 Å². The summed E-state index contributed by atoms with van der Waals surface area (Å²) < 4.78 is 1.65. The van der Waals surface area contributed by atoms with Crippen LogP contribution in [0.15, 0.2) is 30.2 Å². The standard InChI is InChI=1S/C12H12ClN3O3/c13-12-9-7(1-2-14-12)15-5-16(9)8-3-6(4-17)10(18)11(8)19/h1-3,5,8,10-11,17-19H,4H2/t8-,10-,11+/m1/s1. The van der Waals surface area contributed by atoms with Crippen LogP contribution in [-0.2, 0) is 0 Å². The minimum Gasteiger partial charge on any atom is -0.392 e. The summed E-state index contributed by atoms with van der Waals surface area (Å²) in [5, 5.41) is 29.3. The summed E-state index contributed by atoms with van der Waals surface area (Å²) in [6.45, 7) is -0.298. The molecule has 3 atom stereocenters.